The van der Waals surface area contributed by atoms with E-state index in [0.29, 0.717) is 6.61 Å². The second kappa shape index (κ2) is 8.50. The first-order valence-corrected chi connectivity index (χ1v) is 11.4. The molecule has 0 aliphatic carbocycles. The molecule has 1 aliphatic heterocycles. The molecule has 0 unspecified atom stereocenters. The van der Waals surface area contributed by atoms with E-state index in [-0.39, 0.29) is 5.41 Å². The van der Waals surface area contributed by atoms with E-state index in [9.17, 15) is 0 Å². The predicted octanol–water partition coefficient (Wildman–Crippen LogP) is 4.01. The number of aromatic nitrogens is 1. The van der Waals surface area contributed by atoms with Crippen LogP contribution in [0.15, 0.2) is 34.9 Å². The summed E-state index contributed by atoms with van der Waals surface area (Å²) < 4.78 is 11.2. The molecule has 1 aromatic carbocycles. The molecule has 0 spiro atoms. The van der Waals surface area contributed by atoms with Crippen LogP contribution in [-0.2, 0) is 16.8 Å². The number of nitrogens with zero attached hydrogens (tertiary/aromatic N) is 2. The van der Waals surface area contributed by atoms with Gasteiger partial charge in [0.2, 0.25) is 0 Å². The Morgan fingerprint density at radius 1 is 1.16 bits per heavy atom. The van der Waals surface area contributed by atoms with Gasteiger partial charge in [0.1, 0.15) is 0 Å². The molecule has 0 saturated carbocycles. The molecule has 1 saturated heterocycles. The summed E-state index contributed by atoms with van der Waals surface area (Å²) in [6.07, 6.45) is 0. The summed E-state index contributed by atoms with van der Waals surface area (Å²) in [7, 11) is 0. The van der Waals surface area contributed by atoms with Crippen LogP contribution in [0.4, 0.5) is 0 Å². The van der Waals surface area contributed by atoms with Crippen molar-refractivity contribution in [2.75, 3.05) is 26.2 Å². The first-order chi connectivity index (χ1) is 12.0. The topological polar surface area (TPSA) is 38.5 Å². The zero-order valence-corrected chi connectivity index (χ0v) is 17.2. The summed E-state index contributed by atoms with van der Waals surface area (Å²) in [5.41, 5.74) is 3.44. The fourth-order valence-electron chi connectivity index (χ4n) is 2.85. The van der Waals surface area contributed by atoms with Gasteiger partial charge in [0.25, 0.3) is 0 Å². The SMILES string of the molecule is CC(C)(C)c1ccc(-c2cc(COCCN3CC[Se]CC3)on2)cc1. The van der Waals surface area contributed by atoms with Gasteiger partial charge in [0.05, 0.1) is 0 Å². The number of rotatable bonds is 6. The van der Waals surface area contributed by atoms with E-state index in [0.717, 1.165) is 45.1 Å². The average molecular weight is 407 g/mol. The molecule has 0 amide bonds. The Kier molecular flexibility index (Phi) is 6.34. The minimum Gasteiger partial charge on any atom is -0.0578 e. The normalized spacial score (nSPS) is 16.3. The first-order valence-electron chi connectivity index (χ1n) is 8.97. The summed E-state index contributed by atoms with van der Waals surface area (Å²) in [6.45, 7) is 11.4. The summed E-state index contributed by atoms with van der Waals surface area (Å²) in [5.74, 6) is 0.789. The van der Waals surface area contributed by atoms with Crippen molar-refractivity contribution < 1.29 is 9.26 Å². The molecular weight excluding hydrogens is 379 g/mol. The zero-order chi connectivity index (χ0) is 17.7. The van der Waals surface area contributed by atoms with E-state index in [1.54, 1.807) is 0 Å². The van der Waals surface area contributed by atoms with E-state index in [1.165, 1.54) is 29.3 Å². The van der Waals surface area contributed by atoms with Gasteiger partial charge in [-0.15, -0.1) is 0 Å². The minimum absolute atomic E-state index is 0.163. The number of hydrogen-bond acceptors (Lipinski definition) is 4. The van der Waals surface area contributed by atoms with Crippen molar-refractivity contribution in [3.05, 3.63) is 41.7 Å². The van der Waals surface area contributed by atoms with Gasteiger partial charge in [0, 0.05) is 0 Å². The second-order valence-corrected chi connectivity index (χ2v) is 10.1. The van der Waals surface area contributed by atoms with Gasteiger partial charge in [-0.05, 0) is 11.0 Å². The van der Waals surface area contributed by atoms with Crippen molar-refractivity contribution in [3.63, 3.8) is 0 Å². The molecule has 0 N–H and O–H groups in total. The molecule has 5 heteroatoms. The minimum atomic E-state index is 0.163. The molecular formula is C20H28N2O2Se. The Hall–Kier alpha value is -1.13. The van der Waals surface area contributed by atoms with Crippen molar-refractivity contribution >= 4 is 15.0 Å². The Bertz CT molecular complexity index is 655. The van der Waals surface area contributed by atoms with Gasteiger partial charge in [-0.2, -0.15) is 0 Å². The third kappa shape index (κ3) is 5.42. The van der Waals surface area contributed by atoms with E-state index in [4.69, 9.17) is 9.26 Å². The van der Waals surface area contributed by atoms with Crippen LogP contribution in [0.3, 0.4) is 0 Å². The molecule has 25 heavy (non-hydrogen) atoms. The Balaban J connectivity index is 1.48. The van der Waals surface area contributed by atoms with Crippen LogP contribution >= 0.6 is 0 Å². The number of benzene rings is 1. The molecule has 136 valence electrons. The van der Waals surface area contributed by atoms with E-state index < -0.39 is 0 Å². The summed E-state index contributed by atoms with van der Waals surface area (Å²) in [4.78, 5) is 2.49. The molecule has 0 atom stereocenters. The monoisotopic (exact) mass is 408 g/mol. The van der Waals surface area contributed by atoms with Crippen LogP contribution in [0, 0.1) is 0 Å². The summed E-state index contributed by atoms with van der Waals surface area (Å²) in [6, 6.07) is 10.5. The van der Waals surface area contributed by atoms with Crippen molar-refractivity contribution in [3.8, 4) is 11.3 Å². The smallest absolute Gasteiger partial charge is 0.0578 e. The van der Waals surface area contributed by atoms with Crippen LogP contribution in [0.25, 0.3) is 11.3 Å². The summed E-state index contributed by atoms with van der Waals surface area (Å²) in [5, 5.41) is 6.95. The second-order valence-electron chi connectivity index (χ2n) is 7.51. The van der Waals surface area contributed by atoms with Crippen molar-refractivity contribution in [1.82, 2.24) is 10.1 Å². The molecule has 2 aromatic rings. The van der Waals surface area contributed by atoms with Gasteiger partial charge in [-0.1, -0.05) is 32.9 Å². The van der Waals surface area contributed by atoms with Crippen molar-refractivity contribution in [2.24, 2.45) is 0 Å². The van der Waals surface area contributed by atoms with Gasteiger partial charge in [0.15, 0.2) is 0 Å². The maximum absolute atomic E-state index is 5.77. The van der Waals surface area contributed by atoms with E-state index >= 15 is 0 Å². The van der Waals surface area contributed by atoms with E-state index in [1.807, 2.05) is 6.07 Å². The molecule has 1 fully saturated rings. The maximum atomic E-state index is 5.77. The van der Waals surface area contributed by atoms with Crippen molar-refractivity contribution in [2.45, 2.75) is 43.4 Å². The van der Waals surface area contributed by atoms with E-state index in [2.05, 4.69) is 55.1 Å². The molecule has 1 aliphatic rings. The van der Waals surface area contributed by atoms with Gasteiger partial charge in [-0.3, -0.25) is 0 Å². The Labute approximate surface area is 157 Å². The van der Waals surface area contributed by atoms with Gasteiger partial charge >= 0.3 is 113 Å². The molecule has 2 heterocycles. The van der Waals surface area contributed by atoms with Crippen molar-refractivity contribution in [1.29, 1.82) is 0 Å². The van der Waals surface area contributed by atoms with Crippen LogP contribution in [-0.4, -0.2) is 51.3 Å². The Morgan fingerprint density at radius 3 is 2.56 bits per heavy atom. The third-order valence-electron chi connectivity index (χ3n) is 4.51. The fraction of sp³-hybridized carbons (Fsp3) is 0.550. The standard InChI is InChI=1S/C20H28N2O2Se/c1-20(2,3)17-6-4-16(5-7-17)19-14-18(24-21-19)15-23-11-8-22-9-12-25-13-10-22/h4-7,14H,8-13,15H2,1-3H3. The number of hydrogen-bond donors (Lipinski definition) is 0. The number of ether oxygens (including phenoxy) is 1. The van der Waals surface area contributed by atoms with Crippen LogP contribution in [0.2, 0.25) is 10.6 Å². The zero-order valence-electron chi connectivity index (χ0n) is 15.5. The van der Waals surface area contributed by atoms with Crippen LogP contribution in [0.1, 0.15) is 32.1 Å². The molecule has 0 bridgehead atoms. The van der Waals surface area contributed by atoms with Crippen LogP contribution in [0.5, 0.6) is 0 Å². The van der Waals surface area contributed by atoms with Gasteiger partial charge in [-0.25, -0.2) is 0 Å². The molecule has 3 rings (SSSR count). The predicted molar refractivity (Wildman–Crippen MR) is 102 cm³/mol. The first kappa shape index (κ1) is 18.7. The fourth-order valence-corrected chi connectivity index (χ4v) is 4.90. The summed E-state index contributed by atoms with van der Waals surface area (Å²) >= 11 is 0.874. The quantitative estimate of drug-likeness (QED) is 0.536. The molecule has 1 aromatic heterocycles. The molecule has 0 radical (unpaired) electrons. The third-order valence-corrected chi connectivity index (χ3v) is 6.48. The molecule has 4 nitrogen and oxygen atoms in total. The van der Waals surface area contributed by atoms with Gasteiger partial charge < -0.3 is 0 Å². The average Bonchev–Trinajstić information content (AvgIpc) is 3.08. The van der Waals surface area contributed by atoms with Crippen LogP contribution < -0.4 is 0 Å². The Morgan fingerprint density at radius 2 is 1.88 bits per heavy atom.